The summed E-state index contributed by atoms with van der Waals surface area (Å²) in [5.41, 5.74) is -0.622. The van der Waals surface area contributed by atoms with Gasteiger partial charge >= 0.3 is 18.5 Å². The van der Waals surface area contributed by atoms with Crippen LogP contribution in [0.4, 0.5) is 37.8 Å². The Kier molecular flexibility index (Phi) is 9.14. The highest BCUT2D eigenvalue weighted by atomic mass is 35.5. The first kappa shape index (κ1) is 33.6. The highest BCUT2D eigenvalue weighted by molar-refractivity contribution is 7.93. The van der Waals surface area contributed by atoms with E-state index >= 15 is 0 Å². The van der Waals surface area contributed by atoms with Crippen LogP contribution in [0, 0.1) is 0 Å². The van der Waals surface area contributed by atoms with E-state index in [0.717, 1.165) is 24.3 Å². The third kappa shape index (κ3) is 7.69. The number of carboxylic acids is 1. The summed E-state index contributed by atoms with van der Waals surface area (Å²) < 4.78 is 137. The Labute approximate surface area is 256 Å². The van der Waals surface area contributed by atoms with Crippen molar-refractivity contribution < 1.29 is 57.8 Å². The molecule has 4 rings (SSSR count). The van der Waals surface area contributed by atoms with Crippen molar-refractivity contribution >= 4 is 59.9 Å². The minimum absolute atomic E-state index is 0.0186. The average Bonchev–Trinajstić information content (AvgIpc) is 2.93. The second-order valence-corrected chi connectivity index (χ2v) is 13.2. The Bertz CT molecular complexity index is 1940. The number of halogens is 7. The molecular formula is C26H18ClF6N3O7S2. The van der Waals surface area contributed by atoms with Gasteiger partial charge in [-0.25, -0.2) is 26.1 Å². The van der Waals surface area contributed by atoms with Gasteiger partial charge in [0.25, 0.3) is 20.0 Å². The van der Waals surface area contributed by atoms with Crippen molar-refractivity contribution in [2.45, 2.75) is 22.3 Å². The number of aliphatic carboxylic acids is 1. The molecule has 4 aromatic rings. The molecule has 3 aromatic carbocycles. The fourth-order valence-corrected chi connectivity index (χ4v) is 7.06. The number of fused-ring (bicyclic) bond motifs is 1. The number of anilines is 2. The minimum Gasteiger partial charge on any atom is -0.480 e. The molecule has 1 heterocycles. The summed E-state index contributed by atoms with van der Waals surface area (Å²) in [4.78, 5) is 14.4. The van der Waals surface area contributed by atoms with Gasteiger partial charge in [-0.05, 0) is 48.5 Å². The fourth-order valence-electron chi connectivity index (χ4n) is 4.09. The Hall–Kier alpha value is -4.29. The maximum atomic E-state index is 13.7. The lowest BCUT2D eigenvalue weighted by molar-refractivity contribution is -0.274. The number of sulfonamides is 2. The van der Waals surface area contributed by atoms with Gasteiger partial charge in [-0.1, -0.05) is 35.9 Å². The van der Waals surface area contributed by atoms with Gasteiger partial charge in [0.2, 0.25) is 0 Å². The van der Waals surface area contributed by atoms with Gasteiger partial charge < -0.3 is 9.84 Å². The number of pyridine rings is 1. The summed E-state index contributed by atoms with van der Waals surface area (Å²) in [6.07, 6.45) is -9.51. The Morgan fingerprint density at radius 3 is 1.82 bits per heavy atom. The first-order valence-corrected chi connectivity index (χ1v) is 15.4. The smallest absolute Gasteiger partial charge is 0.480 e. The van der Waals surface area contributed by atoms with Crippen LogP contribution in [0.15, 0.2) is 88.8 Å². The summed E-state index contributed by atoms with van der Waals surface area (Å²) in [5, 5.41) is 9.10. The summed E-state index contributed by atoms with van der Waals surface area (Å²) in [6, 6.07) is 12.0. The normalized spacial score (nSPS) is 12.6. The van der Waals surface area contributed by atoms with Crippen molar-refractivity contribution in [3.63, 3.8) is 0 Å². The van der Waals surface area contributed by atoms with E-state index in [0.29, 0.717) is 30.5 Å². The van der Waals surface area contributed by atoms with E-state index < -0.39 is 78.7 Å². The van der Waals surface area contributed by atoms with Gasteiger partial charge in [-0.2, -0.15) is 13.2 Å². The number of hydrogen-bond donors (Lipinski definition) is 1. The number of aromatic nitrogens is 1. The Morgan fingerprint density at radius 2 is 1.31 bits per heavy atom. The number of alkyl halides is 6. The van der Waals surface area contributed by atoms with Crippen molar-refractivity contribution in [2.24, 2.45) is 0 Å². The highest BCUT2D eigenvalue weighted by Crippen LogP contribution is 2.38. The van der Waals surface area contributed by atoms with Gasteiger partial charge in [0.1, 0.15) is 18.8 Å². The molecule has 0 aliphatic carbocycles. The standard InChI is InChI=1S/C26H18ClF6N3O7S2/c27-16-5-9-18(10-6-16)45(41,42)36(15-25(28,29)30)22-13-34-24(21-4-2-1-3-20(21)22)35(14-23(37)38)44(39,40)19-11-7-17(8-12-19)43-26(31,32)33/h1-13H,14-15H2,(H,37,38). The number of rotatable bonds is 10. The second-order valence-electron chi connectivity index (χ2n) is 9.02. The number of nitrogens with zero attached hydrogens (tertiary/aromatic N) is 3. The number of benzene rings is 3. The van der Waals surface area contributed by atoms with Crippen LogP contribution in [-0.4, -0.2) is 58.5 Å². The van der Waals surface area contributed by atoms with E-state index in [-0.39, 0.29) is 24.4 Å². The molecule has 45 heavy (non-hydrogen) atoms. The van der Waals surface area contributed by atoms with E-state index in [1.807, 2.05) is 0 Å². The van der Waals surface area contributed by atoms with Gasteiger partial charge in [-0.3, -0.25) is 9.10 Å². The van der Waals surface area contributed by atoms with Gasteiger partial charge in [0.15, 0.2) is 5.82 Å². The largest absolute Gasteiger partial charge is 0.573 e. The molecule has 0 saturated heterocycles. The summed E-state index contributed by atoms with van der Waals surface area (Å²) in [6.45, 7) is -3.30. The van der Waals surface area contributed by atoms with Crippen molar-refractivity contribution in [1.82, 2.24) is 4.98 Å². The average molecular weight is 698 g/mol. The van der Waals surface area contributed by atoms with Crippen molar-refractivity contribution in [3.8, 4) is 5.75 Å². The van der Waals surface area contributed by atoms with Crippen LogP contribution in [0.2, 0.25) is 5.02 Å². The van der Waals surface area contributed by atoms with E-state index in [2.05, 4.69) is 9.72 Å². The zero-order chi connectivity index (χ0) is 33.4. The molecule has 19 heteroatoms. The van der Waals surface area contributed by atoms with E-state index in [4.69, 9.17) is 11.6 Å². The van der Waals surface area contributed by atoms with Gasteiger partial charge in [0, 0.05) is 15.8 Å². The molecule has 0 spiro atoms. The second kappa shape index (κ2) is 12.2. The van der Waals surface area contributed by atoms with Gasteiger partial charge in [0.05, 0.1) is 21.7 Å². The lowest BCUT2D eigenvalue weighted by Gasteiger charge is -2.28. The molecule has 240 valence electrons. The molecule has 0 amide bonds. The molecule has 0 aliphatic rings. The topological polar surface area (TPSA) is 134 Å². The molecular weight excluding hydrogens is 680 g/mol. The van der Waals surface area contributed by atoms with E-state index in [1.54, 1.807) is 0 Å². The lowest BCUT2D eigenvalue weighted by atomic mass is 10.1. The maximum Gasteiger partial charge on any atom is 0.573 e. The predicted octanol–water partition coefficient (Wildman–Crippen LogP) is 5.82. The molecule has 10 nitrogen and oxygen atoms in total. The molecule has 0 fully saturated rings. The first-order valence-electron chi connectivity index (χ1n) is 12.1. The lowest BCUT2D eigenvalue weighted by Crippen LogP contribution is -2.39. The molecule has 1 N–H and O–H groups in total. The van der Waals surface area contributed by atoms with Gasteiger partial charge in [-0.15, -0.1) is 13.2 Å². The number of hydrogen-bond acceptors (Lipinski definition) is 7. The molecule has 0 aliphatic heterocycles. The SMILES string of the molecule is O=C(O)CN(c1ncc(N(CC(F)(F)F)S(=O)(=O)c2ccc(Cl)cc2)c2ccccc12)S(=O)(=O)c1ccc(OC(F)(F)F)cc1. The fraction of sp³-hybridized carbons (Fsp3) is 0.154. The minimum atomic E-state index is -5.08. The molecule has 0 saturated carbocycles. The number of ether oxygens (including phenoxy) is 1. The molecule has 0 unspecified atom stereocenters. The molecule has 0 radical (unpaired) electrons. The van der Waals surface area contributed by atoms with Crippen LogP contribution in [0.5, 0.6) is 5.75 Å². The zero-order valence-corrected chi connectivity index (χ0v) is 24.5. The zero-order valence-electron chi connectivity index (χ0n) is 22.1. The van der Waals surface area contributed by atoms with Crippen molar-refractivity contribution in [3.05, 3.63) is 84.0 Å². The van der Waals surface area contributed by atoms with E-state index in [1.165, 1.54) is 24.3 Å². The van der Waals surface area contributed by atoms with E-state index in [9.17, 15) is 53.1 Å². The predicted molar refractivity (Wildman–Crippen MR) is 149 cm³/mol. The highest BCUT2D eigenvalue weighted by Gasteiger charge is 2.39. The summed E-state index contributed by atoms with van der Waals surface area (Å²) >= 11 is 5.79. The quantitative estimate of drug-likeness (QED) is 0.205. The molecule has 0 bridgehead atoms. The Morgan fingerprint density at radius 1 is 0.800 bits per heavy atom. The first-order chi connectivity index (χ1) is 20.8. The maximum absolute atomic E-state index is 13.7. The third-order valence-electron chi connectivity index (χ3n) is 5.91. The number of carboxylic acid groups (broad SMARTS) is 1. The number of carbonyl (C=O) groups is 1. The molecule has 0 atom stereocenters. The monoisotopic (exact) mass is 697 g/mol. The van der Waals surface area contributed by atoms with Crippen LogP contribution in [-0.2, 0) is 24.8 Å². The van der Waals surface area contributed by atoms with Crippen LogP contribution < -0.4 is 13.3 Å². The van der Waals surface area contributed by atoms with Crippen LogP contribution in [0.3, 0.4) is 0 Å². The molecule has 1 aromatic heterocycles. The van der Waals surface area contributed by atoms with Crippen LogP contribution >= 0.6 is 11.6 Å². The van der Waals surface area contributed by atoms with Crippen LogP contribution in [0.1, 0.15) is 0 Å². The third-order valence-corrected chi connectivity index (χ3v) is 9.68. The summed E-state index contributed by atoms with van der Waals surface area (Å²) in [7, 11) is -9.85. The summed E-state index contributed by atoms with van der Waals surface area (Å²) in [5.74, 6) is -3.09. The van der Waals surface area contributed by atoms with Crippen LogP contribution in [0.25, 0.3) is 10.8 Å². The van der Waals surface area contributed by atoms with Crippen molar-refractivity contribution in [1.29, 1.82) is 0 Å². The Balaban J connectivity index is 1.90. The van der Waals surface area contributed by atoms with Crippen molar-refractivity contribution in [2.75, 3.05) is 21.7 Å².